The minimum absolute atomic E-state index is 0.223. The molecule has 0 spiro atoms. The fourth-order valence-electron chi connectivity index (χ4n) is 2.47. The van der Waals surface area contributed by atoms with E-state index in [1.807, 2.05) is 12.1 Å². The van der Waals surface area contributed by atoms with Gasteiger partial charge in [-0.2, -0.15) is 0 Å². The average Bonchev–Trinajstić information content (AvgIpc) is 2.37. The van der Waals surface area contributed by atoms with E-state index in [1.165, 1.54) is 0 Å². The van der Waals surface area contributed by atoms with Crippen LogP contribution < -0.4 is 10.6 Å². The summed E-state index contributed by atoms with van der Waals surface area (Å²) in [6.07, 6.45) is 1.26. The highest BCUT2D eigenvalue weighted by Gasteiger charge is 2.28. The van der Waals surface area contributed by atoms with Crippen molar-refractivity contribution in [3.05, 3.63) is 28.2 Å². The zero-order valence-corrected chi connectivity index (χ0v) is 13.6. The molecule has 2 rings (SSSR count). The van der Waals surface area contributed by atoms with Crippen LogP contribution in [0.3, 0.4) is 0 Å². The molecule has 1 saturated heterocycles. The molecule has 5 heteroatoms. The Labute approximate surface area is 128 Å². The molecule has 0 aromatic heterocycles. The lowest BCUT2D eigenvalue weighted by atomic mass is 10.1. The molecule has 1 aliphatic heterocycles. The van der Waals surface area contributed by atoms with Crippen LogP contribution >= 0.6 is 28.1 Å². The lowest BCUT2D eigenvalue weighted by molar-refractivity contribution is 0.0299. The standard InChI is InChI=1S/C14H19BrN2OS/c1-3-10-8-18-9(2)7-17(10)12-6-4-5-11(15)13(12)14(16)19/h4-6,9-10H,3,7-8H2,1-2H3,(H2,16,19). The number of thiocarbonyl (C=S) groups is 1. The molecule has 0 saturated carbocycles. The molecule has 3 nitrogen and oxygen atoms in total. The fourth-order valence-corrected chi connectivity index (χ4v) is 3.39. The topological polar surface area (TPSA) is 38.5 Å². The second-order valence-corrected chi connectivity index (χ2v) is 6.15. The molecular formula is C14H19BrN2OS. The number of hydrogen-bond acceptors (Lipinski definition) is 3. The molecule has 1 heterocycles. The quantitative estimate of drug-likeness (QED) is 0.856. The largest absolute Gasteiger partial charge is 0.389 e. The molecule has 1 aliphatic rings. The van der Waals surface area contributed by atoms with E-state index in [0.717, 1.165) is 35.3 Å². The Morgan fingerprint density at radius 3 is 2.95 bits per heavy atom. The van der Waals surface area contributed by atoms with Gasteiger partial charge in [0.25, 0.3) is 0 Å². The lowest BCUT2D eigenvalue weighted by Gasteiger charge is -2.41. The summed E-state index contributed by atoms with van der Waals surface area (Å²) < 4.78 is 6.70. The highest BCUT2D eigenvalue weighted by molar-refractivity contribution is 9.10. The van der Waals surface area contributed by atoms with Gasteiger partial charge in [-0.05, 0) is 41.4 Å². The highest BCUT2D eigenvalue weighted by Crippen LogP contribution is 2.31. The minimum atomic E-state index is 0.223. The third-order valence-electron chi connectivity index (χ3n) is 3.49. The summed E-state index contributed by atoms with van der Waals surface area (Å²) in [5.41, 5.74) is 7.91. The summed E-state index contributed by atoms with van der Waals surface area (Å²) in [5, 5.41) is 0. The average molecular weight is 343 g/mol. The molecule has 0 radical (unpaired) electrons. The number of rotatable bonds is 3. The van der Waals surface area contributed by atoms with Gasteiger partial charge in [0.2, 0.25) is 0 Å². The van der Waals surface area contributed by atoms with E-state index in [2.05, 4.69) is 40.7 Å². The van der Waals surface area contributed by atoms with E-state index in [4.69, 9.17) is 22.7 Å². The van der Waals surface area contributed by atoms with Crippen molar-refractivity contribution in [3.8, 4) is 0 Å². The normalized spacial score (nSPS) is 23.4. The maximum Gasteiger partial charge on any atom is 0.107 e. The first-order valence-electron chi connectivity index (χ1n) is 6.51. The maximum absolute atomic E-state index is 5.89. The number of anilines is 1. The van der Waals surface area contributed by atoms with Crippen molar-refractivity contribution in [3.63, 3.8) is 0 Å². The summed E-state index contributed by atoms with van der Waals surface area (Å²) in [7, 11) is 0. The smallest absolute Gasteiger partial charge is 0.107 e. The number of ether oxygens (including phenoxy) is 1. The molecule has 2 N–H and O–H groups in total. The van der Waals surface area contributed by atoms with Crippen LogP contribution in [0.15, 0.2) is 22.7 Å². The van der Waals surface area contributed by atoms with Crippen molar-refractivity contribution < 1.29 is 4.74 Å². The highest BCUT2D eigenvalue weighted by atomic mass is 79.9. The molecule has 104 valence electrons. The lowest BCUT2D eigenvalue weighted by Crippen LogP contribution is -2.49. The second kappa shape index (κ2) is 6.20. The van der Waals surface area contributed by atoms with Crippen LogP contribution in [-0.4, -0.2) is 30.3 Å². The van der Waals surface area contributed by atoms with Crippen LogP contribution in [0.2, 0.25) is 0 Å². The zero-order chi connectivity index (χ0) is 14.0. The molecule has 1 aromatic carbocycles. The molecule has 1 aromatic rings. The van der Waals surface area contributed by atoms with Crippen LogP contribution in [-0.2, 0) is 4.74 Å². The molecular weight excluding hydrogens is 324 g/mol. The van der Waals surface area contributed by atoms with Crippen LogP contribution in [0, 0.1) is 0 Å². The number of halogens is 1. The second-order valence-electron chi connectivity index (χ2n) is 4.86. The van der Waals surface area contributed by atoms with Gasteiger partial charge in [0.05, 0.1) is 18.8 Å². The molecule has 1 fully saturated rings. The van der Waals surface area contributed by atoms with Gasteiger partial charge in [-0.1, -0.05) is 25.2 Å². The van der Waals surface area contributed by atoms with Crippen molar-refractivity contribution >= 4 is 38.8 Å². The Kier molecular flexibility index (Phi) is 4.81. The van der Waals surface area contributed by atoms with Gasteiger partial charge in [-0.25, -0.2) is 0 Å². The Morgan fingerprint density at radius 2 is 2.32 bits per heavy atom. The van der Waals surface area contributed by atoms with Crippen LogP contribution in [0.5, 0.6) is 0 Å². The van der Waals surface area contributed by atoms with E-state index in [-0.39, 0.29) is 6.10 Å². The van der Waals surface area contributed by atoms with E-state index in [1.54, 1.807) is 0 Å². The molecule has 0 bridgehead atoms. The number of hydrogen-bond donors (Lipinski definition) is 1. The van der Waals surface area contributed by atoms with E-state index < -0.39 is 0 Å². The summed E-state index contributed by atoms with van der Waals surface area (Å²) in [6.45, 7) is 5.89. The molecule has 0 amide bonds. The van der Waals surface area contributed by atoms with Gasteiger partial charge in [-0.3, -0.25) is 0 Å². The summed E-state index contributed by atoms with van der Waals surface area (Å²) in [5.74, 6) is 0. The van der Waals surface area contributed by atoms with Gasteiger partial charge in [-0.15, -0.1) is 0 Å². The van der Waals surface area contributed by atoms with E-state index >= 15 is 0 Å². The van der Waals surface area contributed by atoms with E-state index in [9.17, 15) is 0 Å². The Balaban J connectivity index is 2.44. The zero-order valence-electron chi connectivity index (χ0n) is 11.2. The summed E-state index contributed by atoms with van der Waals surface area (Å²) in [4.78, 5) is 2.80. The molecule has 19 heavy (non-hydrogen) atoms. The Bertz CT molecular complexity index is 481. The van der Waals surface area contributed by atoms with Crippen LogP contribution in [0.4, 0.5) is 5.69 Å². The first-order valence-corrected chi connectivity index (χ1v) is 7.71. The van der Waals surface area contributed by atoms with Gasteiger partial charge >= 0.3 is 0 Å². The van der Waals surface area contributed by atoms with Crippen molar-refractivity contribution in [2.75, 3.05) is 18.1 Å². The predicted molar refractivity (Wildman–Crippen MR) is 86.9 cm³/mol. The summed E-state index contributed by atoms with van der Waals surface area (Å²) >= 11 is 8.75. The first kappa shape index (κ1) is 14.8. The number of benzene rings is 1. The molecule has 2 unspecified atom stereocenters. The SMILES string of the molecule is CCC1COC(C)CN1c1cccc(Br)c1C(N)=S. The van der Waals surface area contributed by atoms with Crippen molar-refractivity contribution in [2.24, 2.45) is 5.73 Å². The Morgan fingerprint density at radius 1 is 1.58 bits per heavy atom. The number of nitrogens with zero attached hydrogens (tertiary/aromatic N) is 1. The number of nitrogens with two attached hydrogens (primary N) is 1. The van der Waals surface area contributed by atoms with Crippen LogP contribution in [0.1, 0.15) is 25.8 Å². The minimum Gasteiger partial charge on any atom is -0.389 e. The monoisotopic (exact) mass is 342 g/mol. The van der Waals surface area contributed by atoms with Gasteiger partial charge in [0, 0.05) is 22.3 Å². The van der Waals surface area contributed by atoms with Crippen molar-refractivity contribution in [2.45, 2.75) is 32.4 Å². The third kappa shape index (κ3) is 3.09. The fraction of sp³-hybridized carbons (Fsp3) is 0.500. The van der Waals surface area contributed by atoms with Gasteiger partial charge in [0.1, 0.15) is 4.99 Å². The molecule has 2 atom stereocenters. The van der Waals surface area contributed by atoms with Gasteiger partial charge < -0.3 is 15.4 Å². The third-order valence-corrected chi connectivity index (χ3v) is 4.35. The van der Waals surface area contributed by atoms with Crippen molar-refractivity contribution in [1.29, 1.82) is 0 Å². The first-order chi connectivity index (χ1) is 9.04. The van der Waals surface area contributed by atoms with Crippen LogP contribution in [0.25, 0.3) is 0 Å². The van der Waals surface area contributed by atoms with Gasteiger partial charge in [0.15, 0.2) is 0 Å². The molecule has 0 aliphatic carbocycles. The van der Waals surface area contributed by atoms with E-state index in [0.29, 0.717) is 11.0 Å². The summed E-state index contributed by atoms with van der Waals surface area (Å²) in [6, 6.07) is 6.45. The van der Waals surface area contributed by atoms with Crippen molar-refractivity contribution in [1.82, 2.24) is 0 Å². The maximum atomic E-state index is 5.89. The Hall–Kier alpha value is -0.650. The number of morpholine rings is 1. The predicted octanol–water partition coefficient (Wildman–Crippen LogP) is 3.09.